The molecule has 2 heterocycles. The molecule has 2 N–H and O–H groups in total. The Morgan fingerprint density at radius 2 is 2.04 bits per heavy atom. The monoisotopic (exact) mass is 341 g/mol. The van der Waals surface area contributed by atoms with Crippen LogP contribution in [-0.2, 0) is 17.8 Å². The van der Waals surface area contributed by atoms with Crippen LogP contribution in [0.2, 0.25) is 0 Å². The van der Waals surface area contributed by atoms with Crippen LogP contribution in [0.1, 0.15) is 24.6 Å². The van der Waals surface area contributed by atoms with Crippen LogP contribution < -0.4 is 11.3 Å². The molecule has 3 aromatic rings. The predicted molar refractivity (Wildman–Crippen MR) is 97.1 cm³/mol. The van der Waals surface area contributed by atoms with Gasteiger partial charge in [0.25, 0.3) is 5.56 Å². The van der Waals surface area contributed by atoms with Gasteiger partial charge in [0.15, 0.2) is 0 Å². The molecule has 0 aliphatic carbocycles. The third-order valence-electron chi connectivity index (χ3n) is 3.89. The van der Waals surface area contributed by atoms with Gasteiger partial charge in [-0.25, -0.2) is 4.98 Å². The van der Waals surface area contributed by atoms with E-state index in [2.05, 4.69) is 6.92 Å². The number of hydrogen-bond acceptors (Lipinski definition) is 4. The highest BCUT2D eigenvalue weighted by molar-refractivity contribution is 7.18. The summed E-state index contributed by atoms with van der Waals surface area (Å²) in [5.41, 5.74) is 6.05. The fourth-order valence-corrected chi connectivity index (χ4v) is 3.62. The normalized spacial score (nSPS) is 11.0. The van der Waals surface area contributed by atoms with Crippen LogP contribution >= 0.6 is 11.3 Å². The van der Waals surface area contributed by atoms with Gasteiger partial charge >= 0.3 is 0 Å². The number of rotatable bonds is 6. The van der Waals surface area contributed by atoms with Gasteiger partial charge in [-0.05, 0) is 18.9 Å². The molecule has 0 aliphatic rings. The lowest BCUT2D eigenvalue weighted by Gasteiger charge is -2.12. The summed E-state index contributed by atoms with van der Waals surface area (Å²) in [5.74, 6) is 0.282. The number of hydrogen-bond donors (Lipinski definition) is 1. The summed E-state index contributed by atoms with van der Waals surface area (Å²) in [6.07, 6.45) is 1.65. The molecular formula is C18H19N3O2S. The van der Waals surface area contributed by atoms with Crippen molar-refractivity contribution in [2.24, 2.45) is 5.73 Å². The van der Waals surface area contributed by atoms with E-state index in [0.717, 1.165) is 21.7 Å². The summed E-state index contributed by atoms with van der Waals surface area (Å²) < 4.78 is 1.66. The van der Waals surface area contributed by atoms with E-state index in [1.54, 1.807) is 15.9 Å². The minimum atomic E-state index is -0.359. The molecule has 24 heavy (non-hydrogen) atoms. The molecule has 0 radical (unpaired) electrons. The highest BCUT2D eigenvalue weighted by Gasteiger charge is 2.15. The topological polar surface area (TPSA) is 78.0 Å². The SMILES string of the molecule is CCc1cc2c(=O)n(CCCC(N)=O)c(-c3ccccc3)nc2s1. The zero-order valence-corrected chi connectivity index (χ0v) is 14.3. The Labute approximate surface area is 143 Å². The number of carbonyl (C=O) groups excluding carboxylic acids is 1. The molecule has 1 aromatic carbocycles. The molecular weight excluding hydrogens is 322 g/mol. The van der Waals surface area contributed by atoms with Crippen molar-refractivity contribution in [2.75, 3.05) is 0 Å². The average molecular weight is 341 g/mol. The molecule has 0 atom stereocenters. The van der Waals surface area contributed by atoms with Crippen molar-refractivity contribution in [1.82, 2.24) is 9.55 Å². The van der Waals surface area contributed by atoms with Crippen molar-refractivity contribution in [1.29, 1.82) is 0 Å². The van der Waals surface area contributed by atoms with E-state index in [-0.39, 0.29) is 17.9 Å². The lowest BCUT2D eigenvalue weighted by atomic mass is 10.2. The Bertz CT molecular complexity index is 929. The maximum atomic E-state index is 12.9. The average Bonchev–Trinajstić information content (AvgIpc) is 3.01. The molecule has 0 unspecified atom stereocenters. The Kier molecular flexibility index (Phi) is 4.76. The van der Waals surface area contributed by atoms with Crippen molar-refractivity contribution in [3.8, 4) is 11.4 Å². The Balaban J connectivity index is 2.15. The van der Waals surface area contributed by atoms with Gasteiger partial charge < -0.3 is 5.73 Å². The van der Waals surface area contributed by atoms with Crippen LogP contribution in [0.5, 0.6) is 0 Å². The van der Waals surface area contributed by atoms with Crippen molar-refractivity contribution in [2.45, 2.75) is 32.7 Å². The fraction of sp³-hybridized carbons (Fsp3) is 0.278. The zero-order chi connectivity index (χ0) is 17.1. The number of nitrogens with two attached hydrogens (primary N) is 1. The molecule has 0 bridgehead atoms. The first kappa shape index (κ1) is 16.4. The number of carbonyl (C=O) groups is 1. The molecule has 0 spiro atoms. The molecule has 3 rings (SSSR count). The maximum Gasteiger partial charge on any atom is 0.262 e. The third-order valence-corrected chi connectivity index (χ3v) is 5.06. The van der Waals surface area contributed by atoms with Gasteiger partial charge in [-0.3, -0.25) is 14.2 Å². The molecule has 6 heteroatoms. The lowest BCUT2D eigenvalue weighted by molar-refractivity contribution is -0.118. The second kappa shape index (κ2) is 6.97. The van der Waals surface area contributed by atoms with Crippen molar-refractivity contribution >= 4 is 27.5 Å². The van der Waals surface area contributed by atoms with Crippen LogP contribution in [0.15, 0.2) is 41.2 Å². The van der Waals surface area contributed by atoms with E-state index in [1.807, 2.05) is 36.4 Å². The minimum absolute atomic E-state index is 0.0562. The number of aromatic nitrogens is 2. The predicted octanol–water partition coefficient (Wildman–Crippen LogP) is 2.95. The fourth-order valence-electron chi connectivity index (χ4n) is 2.67. The number of primary amides is 1. The summed E-state index contributed by atoms with van der Waals surface area (Å²) in [5, 5.41) is 0.649. The largest absolute Gasteiger partial charge is 0.370 e. The summed E-state index contributed by atoms with van der Waals surface area (Å²) in [7, 11) is 0. The first-order chi connectivity index (χ1) is 11.6. The van der Waals surface area contributed by atoms with Gasteiger partial charge in [0, 0.05) is 23.4 Å². The van der Waals surface area contributed by atoms with Crippen molar-refractivity contribution < 1.29 is 4.79 Å². The second-order valence-electron chi connectivity index (χ2n) is 5.61. The molecule has 0 saturated heterocycles. The summed E-state index contributed by atoms with van der Waals surface area (Å²) in [6.45, 7) is 2.49. The first-order valence-corrected chi connectivity index (χ1v) is 8.78. The van der Waals surface area contributed by atoms with E-state index in [9.17, 15) is 9.59 Å². The van der Waals surface area contributed by atoms with E-state index in [4.69, 9.17) is 10.7 Å². The van der Waals surface area contributed by atoms with Gasteiger partial charge in [-0.15, -0.1) is 11.3 Å². The molecule has 0 saturated carbocycles. The standard InChI is InChI=1S/C18H19N3O2S/c1-2-13-11-14-17(24-13)20-16(12-7-4-3-5-8-12)21(18(14)23)10-6-9-15(19)22/h3-5,7-8,11H,2,6,9-10H2,1H3,(H2,19,22). The smallest absolute Gasteiger partial charge is 0.262 e. The number of thiophene rings is 1. The number of fused-ring (bicyclic) bond motifs is 1. The maximum absolute atomic E-state index is 12.9. The summed E-state index contributed by atoms with van der Waals surface area (Å²) in [6, 6.07) is 11.6. The van der Waals surface area contributed by atoms with E-state index < -0.39 is 0 Å². The second-order valence-corrected chi connectivity index (χ2v) is 6.73. The third kappa shape index (κ3) is 3.23. The van der Waals surface area contributed by atoms with Gasteiger partial charge in [0.1, 0.15) is 10.7 Å². The van der Waals surface area contributed by atoms with E-state index in [0.29, 0.717) is 24.2 Å². The Hall–Kier alpha value is -2.47. The van der Waals surface area contributed by atoms with Crippen LogP contribution in [0.25, 0.3) is 21.6 Å². The van der Waals surface area contributed by atoms with Gasteiger partial charge in [0.05, 0.1) is 5.39 Å². The minimum Gasteiger partial charge on any atom is -0.370 e. The molecule has 5 nitrogen and oxygen atoms in total. The summed E-state index contributed by atoms with van der Waals surface area (Å²) >= 11 is 1.56. The number of benzene rings is 1. The quantitative estimate of drug-likeness (QED) is 0.749. The summed E-state index contributed by atoms with van der Waals surface area (Å²) in [4.78, 5) is 30.6. The van der Waals surface area contributed by atoms with Gasteiger partial charge in [0.2, 0.25) is 5.91 Å². The van der Waals surface area contributed by atoms with Gasteiger partial charge in [-0.1, -0.05) is 37.3 Å². The van der Waals surface area contributed by atoms with E-state index >= 15 is 0 Å². The Morgan fingerprint density at radius 3 is 2.71 bits per heavy atom. The number of aryl methyl sites for hydroxylation is 1. The van der Waals surface area contributed by atoms with Crippen LogP contribution in [0.4, 0.5) is 0 Å². The lowest BCUT2D eigenvalue weighted by Crippen LogP contribution is -2.24. The van der Waals surface area contributed by atoms with Crippen molar-refractivity contribution in [3.05, 3.63) is 51.6 Å². The Morgan fingerprint density at radius 1 is 1.29 bits per heavy atom. The van der Waals surface area contributed by atoms with Crippen LogP contribution in [0.3, 0.4) is 0 Å². The zero-order valence-electron chi connectivity index (χ0n) is 13.5. The molecule has 0 aliphatic heterocycles. The van der Waals surface area contributed by atoms with Crippen molar-refractivity contribution in [3.63, 3.8) is 0 Å². The van der Waals surface area contributed by atoms with Gasteiger partial charge in [-0.2, -0.15) is 0 Å². The van der Waals surface area contributed by atoms with Crippen LogP contribution in [0, 0.1) is 0 Å². The molecule has 2 aromatic heterocycles. The molecule has 124 valence electrons. The van der Waals surface area contributed by atoms with Crippen LogP contribution in [-0.4, -0.2) is 15.5 Å². The number of nitrogens with zero attached hydrogens (tertiary/aromatic N) is 2. The highest BCUT2D eigenvalue weighted by Crippen LogP contribution is 2.25. The van der Waals surface area contributed by atoms with E-state index in [1.165, 1.54) is 0 Å². The first-order valence-electron chi connectivity index (χ1n) is 7.97. The molecule has 1 amide bonds. The number of amides is 1. The highest BCUT2D eigenvalue weighted by atomic mass is 32.1. The molecule has 0 fully saturated rings.